The normalized spacial score (nSPS) is 25.1. The van der Waals surface area contributed by atoms with Gasteiger partial charge in [-0.3, -0.25) is 4.90 Å². The van der Waals surface area contributed by atoms with Crippen molar-refractivity contribution >= 4 is 0 Å². The van der Waals surface area contributed by atoms with E-state index in [1.54, 1.807) is 7.11 Å². The van der Waals surface area contributed by atoms with Crippen LogP contribution in [0.3, 0.4) is 0 Å². The van der Waals surface area contributed by atoms with Crippen molar-refractivity contribution in [1.29, 1.82) is 0 Å². The molecular weight excluding hydrogens is 224 g/mol. The molecule has 1 aliphatic heterocycles. The van der Waals surface area contributed by atoms with Crippen molar-refractivity contribution in [3.05, 3.63) is 29.8 Å². The average Bonchev–Trinajstić information content (AvgIpc) is 2.40. The highest BCUT2D eigenvalue weighted by molar-refractivity contribution is 5.27. The van der Waals surface area contributed by atoms with Crippen molar-refractivity contribution in [2.45, 2.75) is 38.9 Å². The third-order valence-corrected chi connectivity index (χ3v) is 3.74. The van der Waals surface area contributed by atoms with Crippen molar-refractivity contribution < 1.29 is 4.74 Å². The predicted molar refractivity (Wildman–Crippen MR) is 74.9 cm³/mol. The number of ether oxygens (including phenoxy) is 1. The molecule has 0 spiro atoms. The standard InChI is InChI=1S/C15H24N2O/c1-4-14-9-16-12(2)10-17(14)11-13-5-7-15(18-3)8-6-13/h5-8,12,14,16H,4,9-11H2,1-3H3/t12-,14+/m0/s1. The molecule has 1 heterocycles. The molecule has 0 unspecified atom stereocenters. The summed E-state index contributed by atoms with van der Waals surface area (Å²) in [5, 5.41) is 3.56. The number of methoxy groups -OCH3 is 1. The van der Waals surface area contributed by atoms with E-state index in [0.29, 0.717) is 12.1 Å². The van der Waals surface area contributed by atoms with Crippen LogP contribution in [0, 0.1) is 0 Å². The molecule has 3 heteroatoms. The van der Waals surface area contributed by atoms with Crippen LogP contribution in [0.15, 0.2) is 24.3 Å². The summed E-state index contributed by atoms with van der Waals surface area (Å²) >= 11 is 0. The lowest BCUT2D eigenvalue weighted by atomic mass is 10.1. The first-order chi connectivity index (χ1) is 8.72. The molecule has 0 radical (unpaired) electrons. The van der Waals surface area contributed by atoms with Gasteiger partial charge >= 0.3 is 0 Å². The third kappa shape index (κ3) is 3.24. The number of rotatable bonds is 4. The van der Waals surface area contributed by atoms with E-state index in [0.717, 1.165) is 25.4 Å². The Labute approximate surface area is 110 Å². The number of nitrogens with one attached hydrogen (secondary N) is 1. The molecule has 0 bridgehead atoms. The van der Waals surface area contributed by atoms with Gasteiger partial charge in [0.25, 0.3) is 0 Å². The highest BCUT2D eigenvalue weighted by Crippen LogP contribution is 2.17. The fourth-order valence-electron chi connectivity index (χ4n) is 2.59. The van der Waals surface area contributed by atoms with E-state index in [1.807, 2.05) is 12.1 Å². The van der Waals surface area contributed by atoms with Gasteiger partial charge in [0.2, 0.25) is 0 Å². The smallest absolute Gasteiger partial charge is 0.118 e. The van der Waals surface area contributed by atoms with Gasteiger partial charge in [-0.25, -0.2) is 0 Å². The Hall–Kier alpha value is -1.06. The summed E-state index contributed by atoms with van der Waals surface area (Å²) in [6.45, 7) is 7.79. The van der Waals surface area contributed by atoms with Crippen molar-refractivity contribution in [2.24, 2.45) is 0 Å². The Morgan fingerprint density at radius 3 is 2.67 bits per heavy atom. The van der Waals surface area contributed by atoms with E-state index in [1.165, 1.54) is 12.0 Å². The fraction of sp³-hybridized carbons (Fsp3) is 0.600. The van der Waals surface area contributed by atoms with E-state index in [2.05, 4.69) is 36.2 Å². The molecule has 18 heavy (non-hydrogen) atoms. The Morgan fingerprint density at radius 1 is 1.33 bits per heavy atom. The lowest BCUT2D eigenvalue weighted by Gasteiger charge is -2.39. The SMILES string of the molecule is CC[C@@H]1CN[C@@H](C)CN1Cc1ccc(OC)cc1. The maximum atomic E-state index is 5.19. The van der Waals surface area contributed by atoms with Crippen LogP contribution in [0.4, 0.5) is 0 Å². The summed E-state index contributed by atoms with van der Waals surface area (Å²) < 4.78 is 5.19. The van der Waals surface area contributed by atoms with Crippen LogP contribution in [0.1, 0.15) is 25.8 Å². The zero-order valence-electron chi connectivity index (χ0n) is 11.6. The van der Waals surface area contributed by atoms with Crippen molar-refractivity contribution in [3.63, 3.8) is 0 Å². The van der Waals surface area contributed by atoms with Gasteiger partial charge in [0.05, 0.1) is 7.11 Å². The summed E-state index contributed by atoms with van der Waals surface area (Å²) in [5.74, 6) is 0.930. The van der Waals surface area contributed by atoms with Crippen LogP contribution >= 0.6 is 0 Å². The monoisotopic (exact) mass is 248 g/mol. The summed E-state index contributed by atoms with van der Waals surface area (Å²) in [5.41, 5.74) is 1.36. The average molecular weight is 248 g/mol. The van der Waals surface area contributed by atoms with Gasteiger partial charge in [-0.05, 0) is 31.0 Å². The molecule has 1 fully saturated rings. The van der Waals surface area contributed by atoms with E-state index in [4.69, 9.17) is 4.74 Å². The van der Waals surface area contributed by atoms with Gasteiger partial charge < -0.3 is 10.1 Å². The fourth-order valence-corrected chi connectivity index (χ4v) is 2.59. The van der Waals surface area contributed by atoms with Gasteiger partial charge in [-0.2, -0.15) is 0 Å². The van der Waals surface area contributed by atoms with Crippen LogP contribution in [-0.2, 0) is 6.54 Å². The van der Waals surface area contributed by atoms with Crippen molar-refractivity contribution in [1.82, 2.24) is 10.2 Å². The lowest BCUT2D eigenvalue weighted by Crippen LogP contribution is -2.54. The van der Waals surface area contributed by atoms with E-state index >= 15 is 0 Å². The van der Waals surface area contributed by atoms with Gasteiger partial charge in [0.1, 0.15) is 5.75 Å². The molecular formula is C15H24N2O. The Balaban J connectivity index is 2.01. The molecule has 1 saturated heterocycles. The summed E-state index contributed by atoms with van der Waals surface area (Å²) in [6.07, 6.45) is 1.20. The number of hydrogen-bond donors (Lipinski definition) is 1. The second-order valence-corrected chi connectivity index (χ2v) is 5.15. The van der Waals surface area contributed by atoms with Gasteiger partial charge in [-0.15, -0.1) is 0 Å². The lowest BCUT2D eigenvalue weighted by molar-refractivity contribution is 0.124. The second kappa shape index (κ2) is 6.21. The Morgan fingerprint density at radius 2 is 2.06 bits per heavy atom. The number of benzene rings is 1. The number of hydrogen-bond acceptors (Lipinski definition) is 3. The zero-order valence-corrected chi connectivity index (χ0v) is 11.6. The maximum absolute atomic E-state index is 5.19. The first kappa shape index (κ1) is 13.4. The molecule has 0 aliphatic carbocycles. The molecule has 3 nitrogen and oxygen atoms in total. The zero-order chi connectivity index (χ0) is 13.0. The first-order valence-corrected chi connectivity index (χ1v) is 6.83. The Bertz CT molecular complexity index is 363. The minimum absolute atomic E-state index is 0.589. The molecule has 100 valence electrons. The maximum Gasteiger partial charge on any atom is 0.118 e. The third-order valence-electron chi connectivity index (χ3n) is 3.74. The second-order valence-electron chi connectivity index (χ2n) is 5.15. The molecule has 2 atom stereocenters. The largest absolute Gasteiger partial charge is 0.497 e. The van der Waals surface area contributed by atoms with Crippen LogP contribution in [0.2, 0.25) is 0 Å². The quantitative estimate of drug-likeness (QED) is 0.884. The molecule has 0 aromatic heterocycles. The summed E-state index contributed by atoms with van der Waals surface area (Å²) in [6, 6.07) is 9.66. The molecule has 1 aromatic rings. The molecule has 0 saturated carbocycles. The van der Waals surface area contributed by atoms with Gasteiger partial charge in [0, 0.05) is 31.7 Å². The molecule has 0 amide bonds. The van der Waals surface area contributed by atoms with E-state index in [-0.39, 0.29) is 0 Å². The van der Waals surface area contributed by atoms with Crippen LogP contribution < -0.4 is 10.1 Å². The Kier molecular flexibility index (Phi) is 4.61. The minimum Gasteiger partial charge on any atom is -0.497 e. The van der Waals surface area contributed by atoms with Crippen LogP contribution in [0.5, 0.6) is 5.75 Å². The highest BCUT2D eigenvalue weighted by atomic mass is 16.5. The predicted octanol–water partition coefficient (Wildman–Crippen LogP) is 2.27. The molecule has 1 aromatic carbocycles. The highest BCUT2D eigenvalue weighted by Gasteiger charge is 2.24. The number of nitrogens with zero attached hydrogens (tertiary/aromatic N) is 1. The minimum atomic E-state index is 0.589. The summed E-state index contributed by atoms with van der Waals surface area (Å²) in [7, 11) is 1.71. The molecule has 1 aliphatic rings. The molecule has 2 rings (SSSR count). The number of piperazine rings is 1. The van der Waals surface area contributed by atoms with E-state index < -0.39 is 0 Å². The van der Waals surface area contributed by atoms with Crippen molar-refractivity contribution in [2.75, 3.05) is 20.2 Å². The van der Waals surface area contributed by atoms with Gasteiger partial charge in [0.15, 0.2) is 0 Å². The summed E-state index contributed by atoms with van der Waals surface area (Å²) in [4.78, 5) is 2.59. The first-order valence-electron chi connectivity index (χ1n) is 6.83. The topological polar surface area (TPSA) is 24.5 Å². The van der Waals surface area contributed by atoms with E-state index in [9.17, 15) is 0 Å². The van der Waals surface area contributed by atoms with Crippen molar-refractivity contribution in [3.8, 4) is 5.75 Å². The molecule has 1 N–H and O–H groups in total. The van der Waals surface area contributed by atoms with Gasteiger partial charge in [-0.1, -0.05) is 19.1 Å². The van der Waals surface area contributed by atoms with Crippen LogP contribution in [-0.4, -0.2) is 37.2 Å². The van der Waals surface area contributed by atoms with Crippen LogP contribution in [0.25, 0.3) is 0 Å².